The summed E-state index contributed by atoms with van der Waals surface area (Å²) in [5.41, 5.74) is 1.86. The zero-order valence-electron chi connectivity index (χ0n) is 11.7. The van der Waals surface area contributed by atoms with Gasteiger partial charge in [0.05, 0.1) is 6.61 Å². The minimum absolute atomic E-state index is 0.0296. The number of aliphatic hydroxyl groups is 1. The molecule has 1 N–H and O–H groups in total. The van der Waals surface area contributed by atoms with Crippen LogP contribution in [0.15, 0.2) is 24.3 Å². The smallest absolute Gasteiger partial charge is 0.253 e. The number of nitrogens with zero attached hydrogens (tertiary/aromatic N) is 2. The Labute approximate surface area is 114 Å². The first-order chi connectivity index (χ1) is 9.11. The van der Waals surface area contributed by atoms with Crippen molar-refractivity contribution in [2.75, 3.05) is 27.2 Å². The van der Waals surface area contributed by atoms with E-state index < -0.39 is 0 Å². The molecule has 1 aliphatic carbocycles. The first-order valence-corrected chi connectivity index (χ1v) is 6.77. The molecule has 1 aromatic rings. The molecule has 1 fully saturated rings. The van der Waals surface area contributed by atoms with Crippen LogP contribution in [-0.4, -0.2) is 54.1 Å². The number of amides is 1. The van der Waals surface area contributed by atoms with Crippen molar-refractivity contribution in [3.8, 4) is 0 Å². The fraction of sp³-hybridized carbons (Fsp3) is 0.533. The van der Waals surface area contributed by atoms with Gasteiger partial charge in [-0.3, -0.25) is 9.69 Å². The van der Waals surface area contributed by atoms with Gasteiger partial charge in [0.15, 0.2) is 0 Å². The number of aliphatic hydroxyl groups excluding tert-OH is 1. The van der Waals surface area contributed by atoms with Crippen LogP contribution in [0, 0.1) is 0 Å². The van der Waals surface area contributed by atoms with E-state index in [4.69, 9.17) is 5.11 Å². The first-order valence-electron chi connectivity index (χ1n) is 6.77. The Kier molecular flexibility index (Phi) is 4.56. The second-order valence-electron chi connectivity index (χ2n) is 5.33. The predicted molar refractivity (Wildman–Crippen MR) is 75.0 cm³/mol. The Bertz CT molecular complexity index is 442. The molecule has 1 amide bonds. The van der Waals surface area contributed by atoms with E-state index in [-0.39, 0.29) is 12.5 Å². The van der Waals surface area contributed by atoms with Crippen LogP contribution in [0.3, 0.4) is 0 Å². The molecule has 0 saturated heterocycles. The van der Waals surface area contributed by atoms with Crippen molar-refractivity contribution in [2.45, 2.75) is 25.4 Å². The van der Waals surface area contributed by atoms with Gasteiger partial charge in [0.2, 0.25) is 0 Å². The highest BCUT2D eigenvalue weighted by Crippen LogP contribution is 2.28. The molecule has 0 aliphatic heterocycles. The number of rotatable bonds is 6. The van der Waals surface area contributed by atoms with Crippen LogP contribution in [0.1, 0.15) is 28.8 Å². The van der Waals surface area contributed by atoms with Crippen LogP contribution in [0.4, 0.5) is 0 Å². The summed E-state index contributed by atoms with van der Waals surface area (Å²) < 4.78 is 0. The van der Waals surface area contributed by atoms with E-state index in [1.54, 1.807) is 19.0 Å². The Morgan fingerprint density at radius 3 is 2.68 bits per heavy atom. The minimum Gasteiger partial charge on any atom is -0.395 e. The average Bonchev–Trinajstić information content (AvgIpc) is 3.22. The fourth-order valence-corrected chi connectivity index (χ4v) is 2.25. The van der Waals surface area contributed by atoms with E-state index in [2.05, 4.69) is 4.90 Å². The van der Waals surface area contributed by atoms with E-state index in [1.165, 1.54) is 12.8 Å². The topological polar surface area (TPSA) is 43.8 Å². The quantitative estimate of drug-likeness (QED) is 0.841. The van der Waals surface area contributed by atoms with Crippen molar-refractivity contribution in [1.29, 1.82) is 0 Å². The predicted octanol–water partition coefficient (Wildman–Crippen LogP) is 1.35. The molecule has 0 spiro atoms. The van der Waals surface area contributed by atoms with Crippen molar-refractivity contribution >= 4 is 5.91 Å². The highest BCUT2D eigenvalue weighted by Gasteiger charge is 2.28. The summed E-state index contributed by atoms with van der Waals surface area (Å²) in [5, 5.41) is 9.10. The molecule has 104 valence electrons. The Morgan fingerprint density at radius 1 is 1.37 bits per heavy atom. The maximum atomic E-state index is 11.9. The fourth-order valence-electron chi connectivity index (χ4n) is 2.25. The van der Waals surface area contributed by atoms with Crippen molar-refractivity contribution in [2.24, 2.45) is 0 Å². The molecule has 2 rings (SSSR count). The summed E-state index contributed by atoms with van der Waals surface area (Å²) >= 11 is 0. The number of hydrogen-bond donors (Lipinski definition) is 1. The summed E-state index contributed by atoms with van der Waals surface area (Å²) in [7, 11) is 3.52. The third-order valence-corrected chi connectivity index (χ3v) is 3.42. The molecule has 1 aromatic carbocycles. The van der Waals surface area contributed by atoms with Crippen LogP contribution in [0.25, 0.3) is 0 Å². The van der Waals surface area contributed by atoms with E-state index in [0.29, 0.717) is 12.6 Å². The lowest BCUT2D eigenvalue weighted by atomic mass is 10.1. The maximum Gasteiger partial charge on any atom is 0.253 e. The van der Waals surface area contributed by atoms with Crippen LogP contribution in [0.5, 0.6) is 0 Å². The molecule has 0 aromatic heterocycles. The molecule has 1 saturated carbocycles. The molecule has 0 unspecified atom stereocenters. The number of carbonyl (C=O) groups excluding carboxylic acids is 1. The average molecular weight is 262 g/mol. The van der Waals surface area contributed by atoms with Gasteiger partial charge in [-0.15, -0.1) is 0 Å². The van der Waals surface area contributed by atoms with Crippen molar-refractivity contribution in [3.63, 3.8) is 0 Å². The molecule has 4 nitrogen and oxygen atoms in total. The summed E-state index contributed by atoms with van der Waals surface area (Å²) in [6.07, 6.45) is 2.44. The highest BCUT2D eigenvalue weighted by atomic mass is 16.3. The van der Waals surface area contributed by atoms with Gasteiger partial charge in [0.25, 0.3) is 5.91 Å². The van der Waals surface area contributed by atoms with Gasteiger partial charge in [-0.2, -0.15) is 0 Å². The molecule has 0 heterocycles. The zero-order chi connectivity index (χ0) is 13.8. The molecule has 4 heteroatoms. The summed E-state index contributed by atoms with van der Waals surface area (Å²) in [5.74, 6) is 0.0296. The second-order valence-corrected chi connectivity index (χ2v) is 5.33. The third kappa shape index (κ3) is 3.78. The number of carbonyl (C=O) groups is 1. The standard InChI is InChI=1S/C15H22N2O2/c1-16(2)15(19)13-5-3-4-12(10-13)11-17(8-9-18)14-6-7-14/h3-5,10,14,18H,6-9,11H2,1-2H3. The monoisotopic (exact) mass is 262 g/mol. The molecular weight excluding hydrogens is 240 g/mol. The van der Waals surface area contributed by atoms with Gasteiger partial charge in [-0.05, 0) is 30.5 Å². The Morgan fingerprint density at radius 2 is 2.11 bits per heavy atom. The highest BCUT2D eigenvalue weighted by molar-refractivity contribution is 5.94. The van der Waals surface area contributed by atoms with Gasteiger partial charge >= 0.3 is 0 Å². The van der Waals surface area contributed by atoms with Crippen LogP contribution in [-0.2, 0) is 6.54 Å². The summed E-state index contributed by atoms with van der Waals surface area (Å²) in [4.78, 5) is 15.8. The molecule has 1 aliphatic rings. The summed E-state index contributed by atoms with van der Waals surface area (Å²) in [6.45, 7) is 1.70. The normalized spacial score (nSPS) is 14.7. The first kappa shape index (κ1) is 14.0. The molecule has 0 atom stereocenters. The lowest BCUT2D eigenvalue weighted by molar-refractivity contribution is 0.0827. The van der Waals surface area contributed by atoms with E-state index in [0.717, 1.165) is 17.7 Å². The van der Waals surface area contributed by atoms with Crippen LogP contribution in [0.2, 0.25) is 0 Å². The summed E-state index contributed by atoms with van der Waals surface area (Å²) in [6, 6.07) is 8.38. The Hall–Kier alpha value is -1.39. The number of hydrogen-bond acceptors (Lipinski definition) is 3. The zero-order valence-corrected chi connectivity index (χ0v) is 11.7. The van der Waals surface area contributed by atoms with Gasteiger partial charge in [0.1, 0.15) is 0 Å². The maximum absolute atomic E-state index is 11.9. The van der Waals surface area contributed by atoms with Crippen molar-refractivity contribution in [3.05, 3.63) is 35.4 Å². The lowest BCUT2D eigenvalue weighted by Crippen LogP contribution is -2.29. The van der Waals surface area contributed by atoms with Gasteiger partial charge < -0.3 is 10.0 Å². The largest absolute Gasteiger partial charge is 0.395 e. The number of benzene rings is 1. The Balaban J connectivity index is 2.07. The lowest BCUT2D eigenvalue weighted by Gasteiger charge is -2.21. The third-order valence-electron chi connectivity index (χ3n) is 3.42. The van der Waals surface area contributed by atoms with E-state index in [1.807, 2.05) is 24.3 Å². The molecule has 0 radical (unpaired) electrons. The van der Waals surface area contributed by atoms with E-state index in [9.17, 15) is 4.79 Å². The van der Waals surface area contributed by atoms with Crippen molar-refractivity contribution < 1.29 is 9.90 Å². The van der Waals surface area contributed by atoms with Gasteiger partial charge in [-0.25, -0.2) is 0 Å². The SMILES string of the molecule is CN(C)C(=O)c1cccc(CN(CCO)C2CC2)c1. The second kappa shape index (κ2) is 6.17. The van der Waals surface area contributed by atoms with Gasteiger partial charge in [0, 0.05) is 38.8 Å². The minimum atomic E-state index is 0.0296. The van der Waals surface area contributed by atoms with Crippen LogP contribution >= 0.6 is 0 Å². The molecule has 0 bridgehead atoms. The van der Waals surface area contributed by atoms with Gasteiger partial charge in [-0.1, -0.05) is 12.1 Å². The van der Waals surface area contributed by atoms with Crippen LogP contribution < -0.4 is 0 Å². The molecular formula is C15H22N2O2. The van der Waals surface area contributed by atoms with Crippen molar-refractivity contribution in [1.82, 2.24) is 9.80 Å². The van der Waals surface area contributed by atoms with E-state index >= 15 is 0 Å². The molecule has 19 heavy (non-hydrogen) atoms.